The van der Waals surface area contributed by atoms with Crippen molar-refractivity contribution in [3.63, 3.8) is 0 Å². The molecule has 3 N–H and O–H groups in total. The molecule has 0 aromatic carbocycles. The molecule has 13 heteroatoms. The van der Waals surface area contributed by atoms with Crippen molar-refractivity contribution < 1.29 is 18.4 Å². The molecular weight excluding hydrogens is 496 g/mol. The lowest BCUT2D eigenvalue weighted by Crippen LogP contribution is -2.66. The Balaban J connectivity index is 1.14. The standard InChI is InChI=1S/C25H35F2N9O2/c1-32-12-16(27)21(17(13-32)30-24(37)20-22(28)31-36-11-15(26)10-29-23(20)36)34-5-3-14(4-6-34)25(38)35-8-7-33(2)18-9-19(18)35/h10-11,14,16-19,21H,3-9,12-13H2,1-2H3,(H2,28,31)(H,30,37). The molecule has 0 spiro atoms. The summed E-state index contributed by atoms with van der Waals surface area (Å²) < 4.78 is 30.2. The van der Waals surface area contributed by atoms with Gasteiger partial charge in [0.2, 0.25) is 5.91 Å². The van der Waals surface area contributed by atoms with Crippen LogP contribution in [0.15, 0.2) is 12.4 Å². The number of nitrogens with zero attached hydrogens (tertiary/aromatic N) is 7. The molecule has 2 aromatic rings. The Morgan fingerprint density at radius 1 is 1.11 bits per heavy atom. The number of rotatable bonds is 4. The maximum atomic E-state index is 15.5. The van der Waals surface area contributed by atoms with Gasteiger partial charge in [-0.15, -0.1) is 5.10 Å². The van der Waals surface area contributed by atoms with E-state index < -0.39 is 30.0 Å². The number of fused-ring (bicyclic) bond motifs is 2. The third-order valence-corrected chi connectivity index (χ3v) is 8.76. The molecule has 38 heavy (non-hydrogen) atoms. The van der Waals surface area contributed by atoms with Crippen molar-refractivity contribution in [3.8, 4) is 0 Å². The molecule has 5 heterocycles. The molecule has 2 amide bonds. The van der Waals surface area contributed by atoms with E-state index in [-0.39, 0.29) is 35.4 Å². The highest BCUT2D eigenvalue weighted by molar-refractivity contribution is 6.04. The van der Waals surface area contributed by atoms with Crippen molar-refractivity contribution in [3.05, 3.63) is 23.8 Å². The second-order valence-corrected chi connectivity index (χ2v) is 11.3. The molecule has 1 aliphatic carbocycles. The van der Waals surface area contributed by atoms with Crippen LogP contribution >= 0.6 is 0 Å². The summed E-state index contributed by atoms with van der Waals surface area (Å²) in [6, 6.07) is -0.194. The zero-order valence-corrected chi connectivity index (χ0v) is 21.8. The minimum absolute atomic E-state index is 0.0432. The normalized spacial score (nSPS) is 31.4. The fourth-order valence-corrected chi connectivity index (χ4v) is 6.71. The Morgan fingerprint density at radius 2 is 1.87 bits per heavy atom. The molecule has 0 radical (unpaired) electrons. The van der Waals surface area contributed by atoms with Gasteiger partial charge in [0.25, 0.3) is 5.91 Å². The van der Waals surface area contributed by atoms with Gasteiger partial charge >= 0.3 is 0 Å². The number of nitrogen functional groups attached to an aromatic ring is 1. The number of nitrogens with two attached hydrogens (primary N) is 1. The second-order valence-electron chi connectivity index (χ2n) is 11.3. The fourth-order valence-electron chi connectivity index (χ4n) is 6.71. The lowest BCUT2D eigenvalue weighted by atomic mass is 9.89. The van der Waals surface area contributed by atoms with Gasteiger partial charge in [-0.1, -0.05) is 0 Å². The molecule has 3 saturated heterocycles. The molecule has 1 saturated carbocycles. The number of likely N-dealkylation sites (N-methyl/N-ethyl adjacent to an activating group) is 2. The Bertz CT molecular complexity index is 1230. The quantitative estimate of drug-likeness (QED) is 0.559. The summed E-state index contributed by atoms with van der Waals surface area (Å²) in [6.07, 6.45) is 3.34. The van der Waals surface area contributed by atoms with Gasteiger partial charge < -0.3 is 20.9 Å². The maximum absolute atomic E-state index is 15.5. The number of likely N-dealkylation sites (tertiary alicyclic amines) is 2. The number of halogens is 2. The van der Waals surface area contributed by atoms with Crippen LogP contribution in [0.5, 0.6) is 0 Å². The highest BCUT2D eigenvalue weighted by atomic mass is 19.1. The number of carbonyl (C=O) groups excluding carboxylic acids is 2. The first kappa shape index (κ1) is 25.4. The van der Waals surface area contributed by atoms with E-state index in [0.29, 0.717) is 44.6 Å². The molecule has 5 unspecified atom stereocenters. The topological polar surface area (TPSA) is 115 Å². The summed E-state index contributed by atoms with van der Waals surface area (Å²) in [6.45, 7) is 3.60. The van der Waals surface area contributed by atoms with Crippen molar-refractivity contribution in [2.24, 2.45) is 5.92 Å². The second kappa shape index (κ2) is 9.69. The van der Waals surface area contributed by atoms with Crippen molar-refractivity contribution in [2.75, 3.05) is 59.1 Å². The molecule has 4 fully saturated rings. The van der Waals surface area contributed by atoms with E-state index >= 15 is 4.39 Å². The first-order chi connectivity index (χ1) is 18.2. The van der Waals surface area contributed by atoms with Crippen molar-refractivity contribution in [2.45, 2.75) is 49.6 Å². The van der Waals surface area contributed by atoms with Crippen LogP contribution < -0.4 is 11.1 Å². The number of piperazine rings is 1. The molecule has 4 aliphatic rings. The van der Waals surface area contributed by atoms with E-state index in [2.05, 4.69) is 37.1 Å². The summed E-state index contributed by atoms with van der Waals surface area (Å²) in [5.41, 5.74) is 6.16. The van der Waals surface area contributed by atoms with Gasteiger partial charge in [-0.05, 0) is 46.4 Å². The predicted molar refractivity (Wildman–Crippen MR) is 136 cm³/mol. The monoisotopic (exact) mass is 531 g/mol. The Labute approximate surface area is 219 Å². The van der Waals surface area contributed by atoms with Gasteiger partial charge in [0, 0.05) is 44.2 Å². The van der Waals surface area contributed by atoms with Gasteiger partial charge in [-0.3, -0.25) is 19.4 Å². The first-order valence-electron chi connectivity index (χ1n) is 13.4. The number of piperidine rings is 2. The fraction of sp³-hybridized carbons (Fsp3) is 0.680. The van der Waals surface area contributed by atoms with Crippen LogP contribution in [0.4, 0.5) is 14.6 Å². The van der Waals surface area contributed by atoms with Crippen LogP contribution in [0.1, 0.15) is 29.6 Å². The molecule has 3 aliphatic heterocycles. The molecule has 0 bridgehead atoms. The van der Waals surface area contributed by atoms with E-state index in [4.69, 9.17) is 5.73 Å². The molecule has 6 rings (SSSR count). The SMILES string of the molecule is CN1CC(F)C(N2CCC(C(=O)N3CCN(C)C4CC43)CC2)C(NC(=O)c2c(N)nn3cc(F)cnc23)C1. The van der Waals surface area contributed by atoms with Crippen molar-refractivity contribution >= 4 is 23.3 Å². The number of aromatic nitrogens is 3. The van der Waals surface area contributed by atoms with Crippen LogP contribution in [-0.2, 0) is 4.79 Å². The third kappa shape index (κ3) is 4.50. The van der Waals surface area contributed by atoms with E-state index in [9.17, 15) is 14.0 Å². The van der Waals surface area contributed by atoms with E-state index in [0.717, 1.165) is 36.4 Å². The number of anilines is 1. The summed E-state index contributed by atoms with van der Waals surface area (Å²) in [4.78, 5) is 38.9. The minimum Gasteiger partial charge on any atom is -0.381 e. The molecular formula is C25H35F2N9O2. The Hall–Kier alpha value is -2.90. The number of hydrogen-bond donors (Lipinski definition) is 2. The maximum Gasteiger partial charge on any atom is 0.259 e. The summed E-state index contributed by atoms with van der Waals surface area (Å²) in [5, 5.41) is 6.97. The largest absolute Gasteiger partial charge is 0.381 e. The average Bonchev–Trinajstić information content (AvgIpc) is 3.61. The van der Waals surface area contributed by atoms with Gasteiger partial charge in [0.15, 0.2) is 17.3 Å². The predicted octanol–water partition coefficient (Wildman–Crippen LogP) is -0.172. The van der Waals surface area contributed by atoms with E-state index in [1.807, 2.05) is 11.9 Å². The average molecular weight is 532 g/mol. The number of hydrogen-bond acceptors (Lipinski definition) is 8. The van der Waals surface area contributed by atoms with Gasteiger partial charge in [0.05, 0.1) is 24.5 Å². The third-order valence-electron chi connectivity index (χ3n) is 8.76. The molecule has 2 aromatic heterocycles. The zero-order chi connectivity index (χ0) is 26.7. The lowest BCUT2D eigenvalue weighted by Gasteiger charge is -2.47. The first-order valence-corrected chi connectivity index (χ1v) is 13.4. The van der Waals surface area contributed by atoms with E-state index in [1.165, 1.54) is 0 Å². The number of nitrogens with one attached hydrogen (secondary N) is 1. The van der Waals surface area contributed by atoms with Crippen LogP contribution in [-0.4, -0.2) is 130 Å². The minimum atomic E-state index is -1.18. The molecule has 5 atom stereocenters. The number of amides is 2. The lowest BCUT2D eigenvalue weighted by molar-refractivity contribution is -0.139. The summed E-state index contributed by atoms with van der Waals surface area (Å²) in [5.74, 6) is -0.999. The van der Waals surface area contributed by atoms with Crippen LogP contribution in [0.25, 0.3) is 5.65 Å². The smallest absolute Gasteiger partial charge is 0.259 e. The van der Waals surface area contributed by atoms with Crippen LogP contribution in [0, 0.1) is 11.7 Å². The molecule has 11 nitrogen and oxygen atoms in total. The summed E-state index contributed by atoms with van der Waals surface area (Å²) in [7, 11) is 3.94. The van der Waals surface area contributed by atoms with Crippen LogP contribution in [0.2, 0.25) is 0 Å². The Kier molecular flexibility index (Phi) is 6.47. The van der Waals surface area contributed by atoms with Gasteiger partial charge in [-0.25, -0.2) is 18.3 Å². The Morgan fingerprint density at radius 3 is 2.63 bits per heavy atom. The van der Waals surface area contributed by atoms with Crippen molar-refractivity contribution in [1.82, 2.24) is 39.5 Å². The molecule has 206 valence electrons. The van der Waals surface area contributed by atoms with Crippen molar-refractivity contribution in [1.29, 1.82) is 0 Å². The van der Waals surface area contributed by atoms with Gasteiger partial charge in [-0.2, -0.15) is 0 Å². The highest BCUT2D eigenvalue weighted by Crippen LogP contribution is 2.37. The van der Waals surface area contributed by atoms with Crippen LogP contribution in [0.3, 0.4) is 0 Å². The highest BCUT2D eigenvalue weighted by Gasteiger charge is 2.50. The number of carbonyl (C=O) groups is 2. The van der Waals surface area contributed by atoms with Gasteiger partial charge in [0.1, 0.15) is 11.7 Å². The van der Waals surface area contributed by atoms with E-state index in [1.54, 1.807) is 0 Å². The number of alkyl halides is 1. The summed E-state index contributed by atoms with van der Waals surface area (Å²) >= 11 is 0. The zero-order valence-electron chi connectivity index (χ0n) is 21.8.